The Labute approximate surface area is 325 Å². The SMILES string of the molecule is C=CC.CC(C)(CC(=O)OC1CCC2(C)C3CCC4C(CCC5(C=O)CCCC45)C3CCC2C1(C)C)C(=O)O.CC(C)Cc1nnc(C2CC(N)C2C)o1. The minimum atomic E-state index is -1.11. The number of aliphatic carboxylic acids is 1. The molecule has 6 saturated carbocycles. The predicted octanol–water partition coefficient (Wildman–Crippen LogP) is 9.58. The van der Waals surface area contributed by atoms with Crippen molar-refractivity contribution in [1.82, 2.24) is 10.2 Å². The van der Waals surface area contributed by atoms with E-state index in [9.17, 15) is 19.5 Å². The van der Waals surface area contributed by atoms with Gasteiger partial charge in [-0.3, -0.25) is 9.59 Å². The first-order valence-electron chi connectivity index (χ1n) is 21.4. The first kappa shape index (κ1) is 42.6. The summed E-state index contributed by atoms with van der Waals surface area (Å²) >= 11 is 0. The molecule has 9 heteroatoms. The standard InChI is InChI=1S/C31H48O5.C11H19N3O.C3H6/c1-28(2,27(34)35)17-26(33)36-25-13-15-30(5)22-10-8-21-19(20(22)9-11-24(30)29(25,3)4)12-16-31(18-32)14-6-7-23(21)31;1-6(2)4-10-13-14-11(15-10)8-5-9(12)7(8)3;1-3-2/h18-25H,6-17H2,1-5H3,(H,34,35);6-9H,4-5,12H2,1-3H3;3H,1H2,2H3. The minimum Gasteiger partial charge on any atom is -0.481 e. The topological polar surface area (TPSA) is 146 Å². The number of carboxylic acids is 1. The molecule has 1 aromatic heterocycles. The number of carbonyl (C=O) groups excluding carboxylic acids is 2. The van der Waals surface area contributed by atoms with Crippen LogP contribution in [0.5, 0.6) is 0 Å². The molecular formula is C45H73N3O6. The Hall–Kier alpha value is -2.55. The summed E-state index contributed by atoms with van der Waals surface area (Å²) in [4.78, 5) is 36.5. The molecule has 0 aliphatic heterocycles. The first-order chi connectivity index (χ1) is 25.3. The van der Waals surface area contributed by atoms with Crippen LogP contribution in [0, 0.1) is 69.0 Å². The van der Waals surface area contributed by atoms with Crippen LogP contribution >= 0.6 is 0 Å². The van der Waals surface area contributed by atoms with E-state index in [0.717, 1.165) is 74.0 Å². The summed E-state index contributed by atoms with van der Waals surface area (Å²) in [5.41, 5.74) is 4.87. The van der Waals surface area contributed by atoms with Crippen molar-refractivity contribution in [2.24, 2.45) is 74.7 Å². The lowest BCUT2D eigenvalue weighted by Crippen LogP contribution is -2.60. The van der Waals surface area contributed by atoms with E-state index in [1.807, 2.05) is 6.92 Å². The molecule has 1 aromatic rings. The fourth-order valence-electron chi connectivity index (χ4n) is 12.7. The van der Waals surface area contributed by atoms with Crippen LogP contribution in [0.2, 0.25) is 0 Å². The number of hydrogen-bond donors (Lipinski definition) is 2. The molecule has 0 saturated heterocycles. The average molecular weight is 752 g/mol. The first-order valence-corrected chi connectivity index (χ1v) is 21.4. The lowest BCUT2D eigenvalue weighted by Gasteiger charge is -2.65. The Kier molecular flexibility index (Phi) is 13.0. The molecule has 304 valence electrons. The lowest BCUT2D eigenvalue weighted by atomic mass is 9.40. The zero-order valence-electron chi connectivity index (χ0n) is 35.1. The number of nitrogens with zero attached hydrogens (tertiary/aromatic N) is 2. The summed E-state index contributed by atoms with van der Waals surface area (Å²) in [5.74, 6) is 5.77. The van der Waals surface area contributed by atoms with Gasteiger partial charge in [-0.25, -0.2) is 0 Å². The predicted molar refractivity (Wildman–Crippen MR) is 211 cm³/mol. The fraction of sp³-hybridized carbons (Fsp3) is 0.844. The molecule has 54 heavy (non-hydrogen) atoms. The van der Waals surface area contributed by atoms with Crippen molar-refractivity contribution in [2.45, 2.75) is 170 Å². The Morgan fingerprint density at radius 3 is 2.28 bits per heavy atom. The van der Waals surface area contributed by atoms with Crippen LogP contribution in [0.25, 0.3) is 0 Å². The van der Waals surface area contributed by atoms with Gasteiger partial charge >= 0.3 is 11.9 Å². The monoisotopic (exact) mass is 752 g/mol. The van der Waals surface area contributed by atoms with E-state index < -0.39 is 11.4 Å². The molecule has 6 aliphatic carbocycles. The van der Waals surface area contributed by atoms with Crippen molar-refractivity contribution in [2.75, 3.05) is 0 Å². The summed E-state index contributed by atoms with van der Waals surface area (Å²) in [5, 5.41) is 17.6. The van der Waals surface area contributed by atoms with E-state index in [0.29, 0.717) is 35.6 Å². The van der Waals surface area contributed by atoms with Gasteiger partial charge in [-0.15, -0.1) is 16.8 Å². The molecule has 7 rings (SSSR count). The second kappa shape index (κ2) is 16.5. The molecule has 0 amide bonds. The number of ether oxygens (including phenoxy) is 1. The molecule has 12 unspecified atom stereocenters. The summed E-state index contributed by atoms with van der Waals surface area (Å²) in [7, 11) is 0. The molecule has 12 atom stereocenters. The number of rotatable bonds is 8. The molecule has 0 bridgehead atoms. The van der Waals surface area contributed by atoms with Gasteiger partial charge < -0.3 is 24.8 Å². The van der Waals surface area contributed by atoms with Gasteiger partial charge in [0.05, 0.1) is 11.8 Å². The van der Waals surface area contributed by atoms with Gasteiger partial charge in [-0.2, -0.15) is 0 Å². The maximum absolute atomic E-state index is 12.8. The number of aromatic nitrogens is 2. The van der Waals surface area contributed by atoms with Crippen molar-refractivity contribution in [1.29, 1.82) is 0 Å². The molecule has 9 nitrogen and oxygen atoms in total. The fourth-order valence-corrected chi connectivity index (χ4v) is 12.7. The van der Waals surface area contributed by atoms with Gasteiger partial charge in [0.1, 0.15) is 12.4 Å². The number of carboxylic acid groups (broad SMARTS) is 1. The molecular weight excluding hydrogens is 679 g/mol. The Bertz CT molecular complexity index is 1480. The highest BCUT2D eigenvalue weighted by Crippen LogP contribution is 2.69. The number of allylic oxidation sites excluding steroid dienone is 1. The highest BCUT2D eigenvalue weighted by atomic mass is 16.5. The molecule has 1 heterocycles. The third kappa shape index (κ3) is 8.14. The lowest BCUT2D eigenvalue weighted by molar-refractivity contribution is -0.199. The number of carbonyl (C=O) groups is 3. The van der Waals surface area contributed by atoms with Crippen LogP contribution < -0.4 is 5.73 Å². The Morgan fingerprint density at radius 2 is 1.67 bits per heavy atom. The third-order valence-electron chi connectivity index (χ3n) is 15.8. The summed E-state index contributed by atoms with van der Waals surface area (Å²) in [6, 6.07) is 0.301. The molecule has 0 radical (unpaired) electrons. The van der Waals surface area contributed by atoms with E-state index in [-0.39, 0.29) is 34.7 Å². The largest absolute Gasteiger partial charge is 0.481 e. The van der Waals surface area contributed by atoms with Gasteiger partial charge in [-0.1, -0.05) is 54.0 Å². The highest BCUT2D eigenvalue weighted by molar-refractivity contribution is 5.81. The quantitative estimate of drug-likeness (QED) is 0.151. The van der Waals surface area contributed by atoms with E-state index in [4.69, 9.17) is 14.9 Å². The Morgan fingerprint density at radius 1 is 1.00 bits per heavy atom. The Balaban J connectivity index is 0.000000258. The summed E-state index contributed by atoms with van der Waals surface area (Å²) < 4.78 is 11.7. The number of nitrogens with two attached hydrogens (primary N) is 1. The highest BCUT2D eigenvalue weighted by Gasteiger charge is 2.63. The maximum atomic E-state index is 12.8. The van der Waals surface area contributed by atoms with E-state index >= 15 is 0 Å². The van der Waals surface area contributed by atoms with E-state index in [1.165, 1.54) is 51.2 Å². The number of fused-ring (bicyclic) bond motifs is 7. The van der Waals surface area contributed by atoms with Gasteiger partial charge in [0.15, 0.2) is 0 Å². The van der Waals surface area contributed by atoms with Crippen LogP contribution in [0.1, 0.15) is 163 Å². The van der Waals surface area contributed by atoms with Crippen molar-refractivity contribution in [3.05, 3.63) is 24.4 Å². The van der Waals surface area contributed by atoms with Crippen LogP contribution in [0.15, 0.2) is 17.1 Å². The van der Waals surface area contributed by atoms with Gasteiger partial charge in [0.25, 0.3) is 0 Å². The van der Waals surface area contributed by atoms with Gasteiger partial charge in [0, 0.05) is 29.2 Å². The van der Waals surface area contributed by atoms with E-state index in [2.05, 4.69) is 58.3 Å². The smallest absolute Gasteiger partial charge is 0.309 e. The summed E-state index contributed by atoms with van der Waals surface area (Å²) in [6.07, 6.45) is 17.7. The van der Waals surface area contributed by atoms with Crippen LogP contribution in [0.4, 0.5) is 0 Å². The normalized spacial score (nSPS) is 39.0. The zero-order chi connectivity index (χ0) is 39.8. The van der Waals surface area contributed by atoms with Crippen molar-refractivity contribution >= 4 is 18.2 Å². The maximum Gasteiger partial charge on any atom is 0.309 e. The van der Waals surface area contributed by atoms with E-state index in [1.54, 1.807) is 19.9 Å². The molecule has 6 aliphatic rings. The second-order valence-corrected chi connectivity index (χ2v) is 20.3. The van der Waals surface area contributed by atoms with Crippen molar-refractivity contribution in [3.63, 3.8) is 0 Å². The number of aldehydes is 1. The van der Waals surface area contributed by atoms with Crippen molar-refractivity contribution in [3.8, 4) is 0 Å². The van der Waals surface area contributed by atoms with Crippen molar-refractivity contribution < 1.29 is 28.6 Å². The minimum absolute atomic E-state index is 0.00572. The van der Waals surface area contributed by atoms with Crippen LogP contribution in [0.3, 0.4) is 0 Å². The molecule has 6 fully saturated rings. The van der Waals surface area contributed by atoms with Crippen LogP contribution in [-0.4, -0.2) is 45.7 Å². The second-order valence-electron chi connectivity index (χ2n) is 20.3. The van der Waals surface area contributed by atoms with Crippen LogP contribution in [-0.2, 0) is 25.5 Å². The number of hydrogen-bond acceptors (Lipinski definition) is 8. The molecule has 0 spiro atoms. The number of esters is 1. The average Bonchev–Trinajstić information content (AvgIpc) is 3.75. The zero-order valence-corrected chi connectivity index (χ0v) is 35.1. The van der Waals surface area contributed by atoms with Gasteiger partial charge in [-0.05, 0) is 144 Å². The molecule has 3 N–H and O–H groups in total. The van der Waals surface area contributed by atoms with Gasteiger partial charge in [0.2, 0.25) is 11.8 Å². The summed E-state index contributed by atoms with van der Waals surface area (Å²) in [6.45, 7) is 22.0. The third-order valence-corrected chi connectivity index (χ3v) is 15.8. The molecule has 0 aromatic carbocycles.